The summed E-state index contributed by atoms with van der Waals surface area (Å²) >= 11 is 0. The van der Waals surface area contributed by atoms with Crippen LogP contribution in [0.15, 0.2) is 30.3 Å². The third-order valence-electron chi connectivity index (χ3n) is 3.26. The second-order valence-corrected chi connectivity index (χ2v) is 4.82. The standard InChI is InChI=1S/C16H16FNO/c1-9-6-12(4-5-14(9)18)16(19)15-10(2)7-13(17)8-11(15)3/h4-8H,18H2,1-3H3. The number of hydrogen-bond acceptors (Lipinski definition) is 2. The van der Waals surface area contributed by atoms with Crippen LogP contribution in [-0.2, 0) is 0 Å². The second kappa shape index (κ2) is 4.84. The highest BCUT2D eigenvalue weighted by atomic mass is 19.1. The van der Waals surface area contributed by atoms with Gasteiger partial charge in [0.25, 0.3) is 0 Å². The normalized spacial score (nSPS) is 10.5. The molecule has 2 nitrogen and oxygen atoms in total. The number of carbonyl (C=O) groups excluding carboxylic acids is 1. The van der Waals surface area contributed by atoms with Gasteiger partial charge in [-0.05, 0) is 67.8 Å². The molecule has 0 aliphatic heterocycles. The number of halogens is 1. The minimum absolute atomic E-state index is 0.0990. The molecule has 0 bridgehead atoms. The van der Waals surface area contributed by atoms with Crippen molar-refractivity contribution in [3.8, 4) is 0 Å². The largest absolute Gasteiger partial charge is 0.399 e. The second-order valence-electron chi connectivity index (χ2n) is 4.82. The Balaban J connectivity index is 2.53. The van der Waals surface area contributed by atoms with E-state index in [2.05, 4.69) is 0 Å². The lowest BCUT2D eigenvalue weighted by Gasteiger charge is -2.10. The van der Waals surface area contributed by atoms with Gasteiger partial charge in [-0.15, -0.1) is 0 Å². The maximum Gasteiger partial charge on any atom is 0.193 e. The van der Waals surface area contributed by atoms with E-state index in [1.165, 1.54) is 12.1 Å². The van der Waals surface area contributed by atoms with Crippen molar-refractivity contribution in [2.45, 2.75) is 20.8 Å². The van der Waals surface area contributed by atoms with Gasteiger partial charge in [0.15, 0.2) is 5.78 Å². The van der Waals surface area contributed by atoms with Crippen LogP contribution in [0.2, 0.25) is 0 Å². The van der Waals surface area contributed by atoms with Crippen LogP contribution in [0, 0.1) is 26.6 Å². The van der Waals surface area contributed by atoms with E-state index >= 15 is 0 Å². The van der Waals surface area contributed by atoms with E-state index in [4.69, 9.17) is 5.73 Å². The first kappa shape index (κ1) is 13.3. The molecule has 0 atom stereocenters. The number of nitrogens with two attached hydrogens (primary N) is 1. The molecule has 2 rings (SSSR count). The third-order valence-corrected chi connectivity index (χ3v) is 3.26. The summed E-state index contributed by atoms with van der Waals surface area (Å²) < 4.78 is 13.3. The van der Waals surface area contributed by atoms with Gasteiger partial charge < -0.3 is 5.73 Å². The first-order valence-corrected chi connectivity index (χ1v) is 6.07. The summed E-state index contributed by atoms with van der Waals surface area (Å²) in [6, 6.07) is 7.94. The van der Waals surface area contributed by atoms with Crippen molar-refractivity contribution in [3.63, 3.8) is 0 Å². The van der Waals surface area contributed by atoms with Crippen LogP contribution < -0.4 is 5.73 Å². The molecule has 98 valence electrons. The van der Waals surface area contributed by atoms with Gasteiger partial charge in [0.1, 0.15) is 5.82 Å². The van der Waals surface area contributed by atoms with Crippen LogP contribution in [0.4, 0.5) is 10.1 Å². The summed E-state index contributed by atoms with van der Waals surface area (Å²) in [5, 5.41) is 0. The number of benzene rings is 2. The van der Waals surface area contributed by atoms with Gasteiger partial charge in [-0.2, -0.15) is 0 Å². The number of hydrogen-bond donors (Lipinski definition) is 1. The Morgan fingerprint density at radius 1 is 1.00 bits per heavy atom. The lowest BCUT2D eigenvalue weighted by Crippen LogP contribution is -2.07. The molecule has 0 amide bonds. The molecule has 2 aromatic carbocycles. The monoisotopic (exact) mass is 257 g/mol. The fourth-order valence-electron chi connectivity index (χ4n) is 2.23. The van der Waals surface area contributed by atoms with Gasteiger partial charge in [-0.25, -0.2) is 4.39 Å². The smallest absolute Gasteiger partial charge is 0.193 e. The average Bonchev–Trinajstić information content (AvgIpc) is 2.31. The minimum Gasteiger partial charge on any atom is -0.399 e. The van der Waals surface area contributed by atoms with Crippen molar-refractivity contribution in [1.82, 2.24) is 0 Å². The van der Waals surface area contributed by atoms with Crippen molar-refractivity contribution in [1.29, 1.82) is 0 Å². The molecule has 0 heterocycles. The van der Waals surface area contributed by atoms with Crippen molar-refractivity contribution in [2.75, 3.05) is 5.73 Å². The average molecular weight is 257 g/mol. The third kappa shape index (κ3) is 2.50. The molecule has 0 aliphatic rings. The highest BCUT2D eigenvalue weighted by Gasteiger charge is 2.16. The first-order chi connectivity index (χ1) is 8.90. The summed E-state index contributed by atoms with van der Waals surface area (Å²) in [5.41, 5.74) is 9.70. The summed E-state index contributed by atoms with van der Waals surface area (Å²) in [7, 11) is 0. The molecular formula is C16H16FNO. The summed E-state index contributed by atoms with van der Waals surface area (Å²) in [4.78, 5) is 12.5. The number of aryl methyl sites for hydroxylation is 3. The molecule has 0 unspecified atom stereocenters. The molecule has 0 aromatic heterocycles. The van der Waals surface area contributed by atoms with Crippen LogP contribution >= 0.6 is 0 Å². The fraction of sp³-hybridized carbons (Fsp3) is 0.188. The van der Waals surface area contributed by atoms with Gasteiger partial charge in [0.05, 0.1) is 0 Å². The van der Waals surface area contributed by atoms with Gasteiger partial charge in [0, 0.05) is 16.8 Å². The van der Waals surface area contributed by atoms with Crippen molar-refractivity contribution in [2.24, 2.45) is 0 Å². The minimum atomic E-state index is -0.319. The fourth-order valence-corrected chi connectivity index (χ4v) is 2.23. The quantitative estimate of drug-likeness (QED) is 0.660. The van der Waals surface area contributed by atoms with Crippen molar-refractivity contribution < 1.29 is 9.18 Å². The Kier molecular flexibility index (Phi) is 3.38. The van der Waals surface area contributed by atoms with Crippen LogP contribution in [0.5, 0.6) is 0 Å². The topological polar surface area (TPSA) is 43.1 Å². The first-order valence-electron chi connectivity index (χ1n) is 6.07. The molecule has 3 heteroatoms. The lowest BCUT2D eigenvalue weighted by atomic mass is 9.94. The Hall–Kier alpha value is -2.16. The molecule has 0 radical (unpaired) electrons. The zero-order chi connectivity index (χ0) is 14.2. The molecule has 0 spiro atoms. The number of nitrogen functional groups attached to an aromatic ring is 1. The maximum absolute atomic E-state index is 13.3. The highest BCUT2D eigenvalue weighted by molar-refractivity contribution is 6.11. The maximum atomic E-state index is 13.3. The van der Waals surface area contributed by atoms with E-state index in [0.717, 1.165) is 5.56 Å². The van der Waals surface area contributed by atoms with Crippen LogP contribution in [0.3, 0.4) is 0 Å². The van der Waals surface area contributed by atoms with E-state index in [9.17, 15) is 9.18 Å². The molecule has 0 saturated carbocycles. The van der Waals surface area contributed by atoms with E-state index in [1.807, 2.05) is 6.92 Å². The van der Waals surface area contributed by atoms with Gasteiger partial charge in [0.2, 0.25) is 0 Å². The van der Waals surface area contributed by atoms with Crippen molar-refractivity contribution in [3.05, 3.63) is 64.0 Å². The van der Waals surface area contributed by atoms with Gasteiger partial charge >= 0.3 is 0 Å². The molecule has 19 heavy (non-hydrogen) atoms. The molecule has 0 saturated heterocycles. The summed E-state index contributed by atoms with van der Waals surface area (Å²) in [6.45, 7) is 5.34. The lowest BCUT2D eigenvalue weighted by molar-refractivity contribution is 0.103. The number of anilines is 1. The van der Waals surface area contributed by atoms with Crippen LogP contribution in [-0.4, -0.2) is 5.78 Å². The van der Waals surface area contributed by atoms with Crippen molar-refractivity contribution >= 4 is 11.5 Å². The van der Waals surface area contributed by atoms with Crippen LogP contribution in [0.25, 0.3) is 0 Å². The Morgan fingerprint density at radius 2 is 1.58 bits per heavy atom. The number of ketones is 1. The molecular weight excluding hydrogens is 241 g/mol. The molecule has 2 aromatic rings. The molecule has 2 N–H and O–H groups in total. The highest BCUT2D eigenvalue weighted by Crippen LogP contribution is 2.22. The molecule has 0 aliphatic carbocycles. The summed E-state index contributed by atoms with van der Waals surface area (Å²) in [6.07, 6.45) is 0. The Labute approximate surface area is 112 Å². The van der Waals surface area contributed by atoms with Gasteiger partial charge in [-0.3, -0.25) is 4.79 Å². The van der Waals surface area contributed by atoms with E-state index in [-0.39, 0.29) is 11.6 Å². The van der Waals surface area contributed by atoms with Crippen LogP contribution in [0.1, 0.15) is 32.6 Å². The zero-order valence-electron chi connectivity index (χ0n) is 11.3. The predicted molar refractivity (Wildman–Crippen MR) is 74.9 cm³/mol. The van der Waals surface area contributed by atoms with E-state index in [0.29, 0.717) is 27.9 Å². The van der Waals surface area contributed by atoms with E-state index < -0.39 is 0 Å². The SMILES string of the molecule is Cc1cc(C(=O)c2c(C)cc(F)cc2C)ccc1N. The van der Waals surface area contributed by atoms with E-state index in [1.54, 1.807) is 32.0 Å². The number of carbonyl (C=O) groups is 1. The number of rotatable bonds is 2. The van der Waals surface area contributed by atoms with Gasteiger partial charge in [-0.1, -0.05) is 0 Å². The summed E-state index contributed by atoms with van der Waals surface area (Å²) in [5.74, 6) is -0.418. The Bertz CT molecular complexity index is 639. The predicted octanol–water partition coefficient (Wildman–Crippen LogP) is 3.56. The Morgan fingerprint density at radius 3 is 2.11 bits per heavy atom. The zero-order valence-corrected chi connectivity index (χ0v) is 11.3. The molecule has 0 fully saturated rings.